The Kier molecular flexibility index (Phi) is 3.14. The standard InChI is InChI=1S/C16H30/c1-6-12-7-8-13-14(11-12)16(4,5)10-9-15(13,2)3/h12-14H,6-11H2,1-5H3. The summed E-state index contributed by atoms with van der Waals surface area (Å²) < 4.78 is 0. The predicted octanol–water partition coefficient (Wildman–Crippen LogP) is 5.28. The first kappa shape index (κ1) is 12.5. The summed E-state index contributed by atoms with van der Waals surface area (Å²) in [5, 5.41) is 0. The predicted molar refractivity (Wildman–Crippen MR) is 71.4 cm³/mol. The zero-order valence-corrected chi connectivity index (χ0v) is 12.0. The molecule has 3 atom stereocenters. The minimum Gasteiger partial charge on any atom is -0.0651 e. The molecule has 0 bridgehead atoms. The highest BCUT2D eigenvalue weighted by molar-refractivity contribution is 4.99. The van der Waals surface area contributed by atoms with Crippen molar-refractivity contribution in [3.63, 3.8) is 0 Å². The van der Waals surface area contributed by atoms with E-state index in [2.05, 4.69) is 34.6 Å². The van der Waals surface area contributed by atoms with Gasteiger partial charge in [0.1, 0.15) is 0 Å². The van der Waals surface area contributed by atoms with E-state index in [1.54, 1.807) is 0 Å². The Bertz CT molecular complexity index is 249. The summed E-state index contributed by atoms with van der Waals surface area (Å²) in [5.41, 5.74) is 1.22. The fraction of sp³-hybridized carbons (Fsp3) is 1.00. The van der Waals surface area contributed by atoms with Gasteiger partial charge in [-0.3, -0.25) is 0 Å². The number of hydrogen-bond acceptors (Lipinski definition) is 0. The Morgan fingerprint density at radius 1 is 0.875 bits per heavy atom. The summed E-state index contributed by atoms with van der Waals surface area (Å²) in [7, 11) is 0. The van der Waals surface area contributed by atoms with E-state index in [1.165, 1.54) is 38.5 Å². The van der Waals surface area contributed by atoms with Gasteiger partial charge in [-0.25, -0.2) is 0 Å². The molecule has 0 aliphatic heterocycles. The van der Waals surface area contributed by atoms with E-state index in [9.17, 15) is 0 Å². The van der Waals surface area contributed by atoms with Gasteiger partial charge in [-0.1, -0.05) is 47.5 Å². The molecule has 2 aliphatic rings. The molecule has 0 heterocycles. The Morgan fingerprint density at radius 2 is 1.44 bits per heavy atom. The van der Waals surface area contributed by atoms with E-state index >= 15 is 0 Å². The highest BCUT2D eigenvalue weighted by Gasteiger charge is 2.49. The van der Waals surface area contributed by atoms with E-state index in [-0.39, 0.29) is 0 Å². The lowest BCUT2D eigenvalue weighted by molar-refractivity contribution is -0.0590. The van der Waals surface area contributed by atoms with Crippen LogP contribution in [0.3, 0.4) is 0 Å². The van der Waals surface area contributed by atoms with Gasteiger partial charge in [0, 0.05) is 0 Å². The van der Waals surface area contributed by atoms with Gasteiger partial charge in [-0.15, -0.1) is 0 Å². The second-order valence-corrected chi connectivity index (χ2v) is 7.78. The lowest BCUT2D eigenvalue weighted by atomic mass is 9.49. The molecule has 0 heteroatoms. The zero-order chi connectivity index (χ0) is 12.0. The summed E-state index contributed by atoms with van der Waals surface area (Å²) in [5.74, 6) is 3.02. The van der Waals surface area contributed by atoms with Crippen LogP contribution in [0.4, 0.5) is 0 Å². The van der Waals surface area contributed by atoms with Gasteiger partial charge in [-0.05, 0) is 54.3 Å². The molecule has 0 aromatic heterocycles. The van der Waals surface area contributed by atoms with Crippen LogP contribution >= 0.6 is 0 Å². The SMILES string of the molecule is CCC1CCC2C(C1)C(C)(C)CCC2(C)C. The molecule has 2 saturated carbocycles. The summed E-state index contributed by atoms with van der Waals surface area (Å²) >= 11 is 0. The molecule has 0 radical (unpaired) electrons. The van der Waals surface area contributed by atoms with Gasteiger partial charge >= 0.3 is 0 Å². The van der Waals surface area contributed by atoms with Crippen molar-refractivity contribution in [1.29, 1.82) is 0 Å². The van der Waals surface area contributed by atoms with Gasteiger partial charge in [0.2, 0.25) is 0 Å². The summed E-state index contributed by atoms with van der Waals surface area (Å²) in [6.07, 6.45) is 8.80. The van der Waals surface area contributed by atoms with Gasteiger partial charge in [-0.2, -0.15) is 0 Å². The van der Waals surface area contributed by atoms with E-state index in [0.717, 1.165) is 17.8 Å². The van der Waals surface area contributed by atoms with Crippen LogP contribution in [0.5, 0.6) is 0 Å². The van der Waals surface area contributed by atoms with Crippen molar-refractivity contribution < 1.29 is 0 Å². The maximum absolute atomic E-state index is 2.53. The minimum absolute atomic E-state index is 0.605. The molecule has 0 saturated heterocycles. The zero-order valence-electron chi connectivity index (χ0n) is 12.0. The summed E-state index contributed by atoms with van der Waals surface area (Å²) in [6.45, 7) is 12.5. The first-order valence-corrected chi connectivity index (χ1v) is 7.37. The van der Waals surface area contributed by atoms with Gasteiger partial charge in [0.25, 0.3) is 0 Å². The molecule has 16 heavy (non-hydrogen) atoms. The molecule has 0 N–H and O–H groups in total. The summed E-state index contributed by atoms with van der Waals surface area (Å²) in [6, 6.07) is 0. The number of hydrogen-bond donors (Lipinski definition) is 0. The third kappa shape index (κ3) is 2.05. The van der Waals surface area contributed by atoms with Crippen LogP contribution in [-0.4, -0.2) is 0 Å². The lowest BCUT2D eigenvalue weighted by Gasteiger charge is -2.56. The molecule has 0 amide bonds. The highest BCUT2D eigenvalue weighted by atomic mass is 14.5. The topological polar surface area (TPSA) is 0 Å². The van der Waals surface area contributed by atoms with Crippen LogP contribution < -0.4 is 0 Å². The van der Waals surface area contributed by atoms with Crippen LogP contribution in [0.1, 0.15) is 73.1 Å². The first-order chi connectivity index (χ1) is 7.37. The number of fused-ring (bicyclic) bond motifs is 1. The molecule has 2 aliphatic carbocycles. The molecule has 3 unspecified atom stereocenters. The maximum Gasteiger partial charge on any atom is -0.0323 e. The van der Waals surface area contributed by atoms with Crippen molar-refractivity contribution in [3.05, 3.63) is 0 Å². The van der Waals surface area contributed by atoms with Crippen molar-refractivity contribution in [1.82, 2.24) is 0 Å². The molecule has 0 aromatic carbocycles. The average molecular weight is 222 g/mol. The van der Waals surface area contributed by atoms with Crippen LogP contribution in [0.15, 0.2) is 0 Å². The Hall–Kier alpha value is 0. The Labute approximate surface area is 102 Å². The van der Waals surface area contributed by atoms with E-state index in [1.807, 2.05) is 0 Å². The Balaban J connectivity index is 2.19. The van der Waals surface area contributed by atoms with E-state index in [4.69, 9.17) is 0 Å². The molecule has 0 nitrogen and oxygen atoms in total. The third-order valence-corrected chi connectivity index (χ3v) is 5.96. The van der Waals surface area contributed by atoms with Gasteiger partial charge < -0.3 is 0 Å². The molecular formula is C16H30. The van der Waals surface area contributed by atoms with Gasteiger partial charge in [0.05, 0.1) is 0 Å². The highest BCUT2D eigenvalue weighted by Crippen LogP contribution is 2.58. The molecule has 2 rings (SSSR count). The minimum atomic E-state index is 0.605. The van der Waals surface area contributed by atoms with Crippen LogP contribution in [-0.2, 0) is 0 Å². The normalized spacial score (nSPS) is 41.4. The van der Waals surface area contributed by atoms with Crippen molar-refractivity contribution in [2.24, 2.45) is 28.6 Å². The largest absolute Gasteiger partial charge is 0.0651 e. The average Bonchev–Trinajstić information content (AvgIpc) is 2.24. The van der Waals surface area contributed by atoms with Crippen molar-refractivity contribution in [2.75, 3.05) is 0 Å². The monoisotopic (exact) mass is 222 g/mol. The first-order valence-electron chi connectivity index (χ1n) is 7.37. The van der Waals surface area contributed by atoms with E-state index < -0.39 is 0 Å². The second-order valence-electron chi connectivity index (χ2n) is 7.78. The van der Waals surface area contributed by atoms with Crippen LogP contribution in [0, 0.1) is 28.6 Å². The quantitative estimate of drug-likeness (QED) is 0.566. The Morgan fingerprint density at radius 3 is 2.00 bits per heavy atom. The van der Waals surface area contributed by atoms with Crippen LogP contribution in [0.2, 0.25) is 0 Å². The fourth-order valence-electron chi connectivity index (χ4n) is 4.44. The smallest absolute Gasteiger partial charge is 0.0323 e. The third-order valence-electron chi connectivity index (χ3n) is 5.96. The molecule has 0 spiro atoms. The number of rotatable bonds is 1. The fourth-order valence-corrected chi connectivity index (χ4v) is 4.44. The molecule has 94 valence electrons. The van der Waals surface area contributed by atoms with Gasteiger partial charge in [0.15, 0.2) is 0 Å². The van der Waals surface area contributed by atoms with E-state index in [0.29, 0.717) is 10.8 Å². The maximum atomic E-state index is 2.53. The van der Waals surface area contributed by atoms with Crippen LogP contribution in [0.25, 0.3) is 0 Å². The molecular weight excluding hydrogens is 192 g/mol. The molecule has 0 aromatic rings. The summed E-state index contributed by atoms with van der Waals surface area (Å²) in [4.78, 5) is 0. The van der Waals surface area contributed by atoms with Crippen molar-refractivity contribution in [2.45, 2.75) is 73.1 Å². The molecule has 2 fully saturated rings. The lowest BCUT2D eigenvalue weighted by Crippen LogP contribution is -2.47. The second kappa shape index (κ2) is 4.03. The van der Waals surface area contributed by atoms with Crippen molar-refractivity contribution >= 4 is 0 Å². The van der Waals surface area contributed by atoms with Crippen molar-refractivity contribution in [3.8, 4) is 0 Å².